The van der Waals surface area contributed by atoms with E-state index in [1.165, 1.54) is 0 Å². The zero-order valence-corrected chi connectivity index (χ0v) is 4.36. The molecule has 0 aliphatic carbocycles. The minimum absolute atomic E-state index is 1.11. The second kappa shape index (κ2) is 4.74. The quantitative estimate of drug-likeness (QED) is 0.478. The van der Waals surface area contributed by atoms with E-state index < -0.39 is 0 Å². The molecule has 0 bridgehead atoms. The molecule has 0 nitrogen and oxygen atoms in total. The van der Waals surface area contributed by atoms with E-state index in [9.17, 15) is 0 Å². The molecule has 0 spiro atoms. The van der Waals surface area contributed by atoms with Gasteiger partial charge >= 0.3 is 0 Å². The summed E-state index contributed by atoms with van der Waals surface area (Å²) in [5.74, 6) is 0. The zero-order chi connectivity index (χ0) is 4.83. The van der Waals surface area contributed by atoms with Crippen molar-refractivity contribution in [2.24, 2.45) is 0 Å². The predicted octanol–water partition coefficient (Wildman–Crippen LogP) is 2.05. The summed E-state index contributed by atoms with van der Waals surface area (Å²) in [5, 5.41) is 0. The van der Waals surface area contributed by atoms with Gasteiger partial charge in [-0.1, -0.05) is 26.0 Å². The molecule has 0 fully saturated rings. The molecule has 0 aliphatic heterocycles. The van der Waals surface area contributed by atoms with Crippen LogP contribution >= 0.6 is 0 Å². The number of hydrogen-bond acceptors (Lipinski definition) is 0. The Morgan fingerprint density at radius 1 is 1.67 bits per heavy atom. The highest BCUT2D eigenvalue weighted by Gasteiger charge is 1.61. The zero-order valence-electron chi connectivity index (χ0n) is 4.36. The van der Waals surface area contributed by atoms with Crippen LogP contribution in [0.2, 0.25) is 0 Å². The van der Waals surface area contributed by atoms with Crippen molar-refractivity contribution in [3.63, 3.8) is 0 Å². The third kappa shape index (κ3) is 3.74. The molecular weight excluding hydrogens is 72.1 g/mol. The molecule has 2 radical (unpaired) electrons. The average molecular weight is 82.1 g/mol. The van der Waals surface area contributed by atoms with Crippen LogP contribution in [0.15, 0.2) is 12.2 Å². The van der Waals surface area contributed by atoms with E-state index in [1.807, 2.05) is 13.0 Å². The van der Waals surface area contributed by atoms with Gasteiger partial charge in [0.15, 0.2) is 0 Å². The van der Waals surface area contributed by atoms with Crippen LogP contribution in [-0.4, -0.2) is 0 Å². The summed E-state index contributed by atoms with van der Waals surface area (Å²) >= 11 is 0. The van der Waals surface area contributed by atoms with Gasteiger partial charge in [0.1, 0.15) is 0 Å². The molecule has 0 aromatic carbocycles. The van der Waals surface area contributed by atoms with E-state index in [4.69, 9.17) is 0 Å². The lowest BCUT2D eigenvalue weighted by molar-refractivity contribution is 1.22. The lowest BCUT2D eigenvalue weighted by Gasteiger charge is -1.71. The lowest BCUT2D eigenvalue weighted by atomic mass is 10.4. The van der Waals surface area contributed by atoms with E-state index in [1.54, 1.807) is 0 Å². The van der Waals surface area contributed by atoms with Gasteiger partial charge in [-0.05, 0) is 6.42 Å². The standard InChI is InChI=1S/C6H10/c1-3-5-6-4-2/h5-6H,3H2,1-2H3. The van der Waals surface area contributed by atoms with Crippen molar-refractivity contribution < 1.29 is 0 Å². The van der Waals surface area contributed by atoms with Gasteiger partial charge in [0.05, 0.1) is 0 Å². The van der Waals surface area contributed by atoms with Gasteiger partial charge in [0.25, 0.3) is 0 Å². The normalized spacial score (nSPS) is 10.3. The Labute approximate surface area is 39.9 Å². The molecule has 0 aromatic heterocycles. The Kier molecular flexibility index (Phi) is 4.53. The molecule has 0 rings (SSSR count). The fourth-order valence-electron chi connectivity index (χ4n) is 0.236. The first-order valence-corrected chi connectivity index (χ1v) is 2.24. The van der Waals surface area contributed by atoms with Crippen molar-refractivity contribution in [2.45, 2.75) is 20.3 Å². The summed E-state index contributed by atoms with van der Waals surface area (Å²) in [6, 6.07) is 0. The monoisotopic (exact) mass is 82.1 g/mol. The summed E-state index contributed by atoms with van der Waals surface area (Å²) in [4.78, 5) is 0. The summed E-state index contributed by atoms with van der Waals surface area (Å²) in [6.07, 6.45) is 8.00. The molecular formula is C6H10. The maximum Gasteiger partial charge on any atom is 0.00470 e. The highest BCUT2D eigenvalue weighted by Crippen LogP contribution is 1.80. The Hall–Kier alpha value is -0.260. The molecule has 0 aromatic rings. The van der Waals surface area contributed by atoms with Crippen LogP contribution in [-0.2, 0) is 0 Å². The largest absolute Gasteiger partial charge is 0.0882 e. The van der Waals surface area contributed by atoms with Crippen LogP contribution in [0, 0.1) is 6.42 Å². The topological polar surface area (TPSA) is 0 Å². The molecule has 0 aliphatic rings. The van der Waals surface area contributed by atoms with Crippen molar-refractivity contribution in [3.05, 3.63) is 18.6 Å². The predicted molar refractivity (Wildman–Crippen MR) is 28.3 cm³/mol. The van der Waals surface area contributed by atoms with Crippen molar-refractivity contribution in [1.82, 2.24) is 0 Å². The lowest BCUT2D eigenvalue weighted by Crippen LogP contribution is -1.52. The molecule has 0 saturated heterocycles. The summed E-state index contributed by atoms with van der Waals surface area (Å²) in [7, 11) is 0. The van der Waals surface area contributed by atoms with Crippen LogP contribution in [0.4, 0.5) is 0 Å². The summed E-state index contributed by atoms with van der Waals surface area (Å²) in [6.45, 7) is 4.00. The van der Waals surface area contributed by atoms with Gasteiger partial charge in [-0.2, -0.15) is 0 Å². The van der Waals surface area contributed by atoms with Gasteiger partial charge in [-0.15, -0.1) is 0 Å². The first kappa shape index (κ1) is 5.74. The molecule has 0 unspecified atom stereocenters. The van der Waals surface area contributed by atoms with E-state index in [-0.39, 0.29) is 0 Å². The van der Waals surface area contributed by atoms with E-state index in [2.05, 4.69) is 19.4 Å². The number of allylic oxidation sites excluding steroid dienone is 2. The van der Waals surface area contributed by atoms with Crippen molar-refractivity contribution >= 4 is 0 Å². The molecule has 0 saturated carbocycles. The van der Waals surface area contributed by atoms with Gasteiger partial charge < -0.3 is 0 Å². The van der Waals surface area contributed by atoms with Crippen LogP contribution < -0.4 is 0 Å². The number of hydrogen-bond donors (Lipinski definition) is 0. The van der Waals surface area contributed by atoms with Gasteiger partial charge in [0.2, 0.25) is 0 Å². The van der Waals surface area contributed by atoms with Crippen molar-refractivity contribution in [1.29, 1.82) is 0 Å². The first-order valence-electron chi connectivity index (χ1n) is 2.24. The second-order valence-corrected chi connectivity index (χ2v) is 1.10. The fraction of sp³-hybridized carbons (Fsp3) is 0.500. The second-order valence-electron chi connectivity index (χ2n) is 1.10. The van der Waals surface area contributed by atoms with Crippen LogP contribution in [0.5, 0.6) is 0 Å². The summed E-state index contributed by atoms with van der Waals surface area (Å²) < 4.78 is 0. The highest BCUT2D eigenvalue weighted by atomic mass is 13.7. The molecule has 6 heavy (non-hydrogen) atoms. The van der Waals surface area contributed by atoms with Crippen molar-refractivity contribution in [3.8, 4) is 0 Å². The Morgan fingerprint density at radius 3 is 2.50 bits per heavy atom. The minimum atomic E-state index is 1.11. The fourth-order valence-corrected chi connectivity index (χ4v) is 0.236. The molecule has 0 heteroatoms. The molecule has 0 N–H and O–H groups in total. The third-order valence-corrected chi connectivity index (χ3v) is 0.520. The number of rotatable bonds is 2. The van der Waals surface area contributed by atoms with Crippen LogP contribution in [0.3, 0.4) is 0 Å². The first-order chi connectivity index (χ1) is 2.91. The van der Waals surface area contributed by atoms with Gasteiger partial charge in [-0.3, -0.25) is 0 Å². The maximum absolute atomic E-state index is 2.89. The average Bonchev–Trinajstić information content (AvgIpc) is 1.61. The van der Waals surface area contributed by atoms with E-state index in [0.717, 1.165) is 6.42 Å². The van der Waals surface area contributed by atoms with Crippen LogP contribution in [0.1, 0.15) is 20.3 Å². The smallest absolute Gasteiger partial charge is 0.00470 e. The Bertz CT molecular complexity index is 29.3. The molecule has 0 atom stereocenters. The van der Waals surface area contributed by atoms with Gasteiger partial charge in [0, 0.05) is 6.42 Å². The molecule has 0 amide bonds. The molecule has 0 heterocycles. The summed E-state index contributed by atoms with van der Waals surface area (Å²) in [5.41, 5.74) is 0. The Morgan fingerprint density at radius 2 is 2.33 bits per heavy atom. The Balaban J connectivity index is 2.73. The van der Waals surface area contributed by atoms with Crippen LogP contribution in [0.25, 0.3) is 0 Å². The van der Waals surface area contributed by atoms with Gasteiger partial charge in [-0.25, -0.2) is 0 Å². The molecule has 34 valence electrons. The minimum Gasteiger partial charge on any atom is -0.0882 e. The highest BCUT2D eigenvalue weighted by molar-refractivity contribution is 4.90. The SMILES string of the molecule is C[C]C=CCC. The van der Waals surface area contributed by atoms with E-state index in [0.29, 0.717) is 0 Å². The van der Waals surface area contributed by atoms with E-state index >= 15 is 0 Å². The maximum atomic E-state index is 2.89. The van der Waals surface area contributed by atoms with Crippen molar-refractivity contribution in [2.75, 3.05) is 0 Å². The third-order valence-electron chi connectivity index (χ3n) is 0.520.